The maximum atomic E-state index is 12.3. The fourth-order valence-electron chi connectivity index (χ4n) is 2.94. The Morgan fingerprint density at radius 3 is 1.87 bits per heavy atom. The van der Waals surface area contributed by atoms with Crippen LogP contribution in [0.5, 0.6) is 5.75 Å². The molecule has 0 aromatic heterocycles. The molecule has 6 heteroatoms. The summed E-state index contributed by atoms with van der Waals surface area (Å²) in [6.07, 6.45) is -2.62. The summed E-state index contributed by atoms with van der Waals surface area (Å²) in [4.78, 5) is 12.3. The number of carbonyl (C=O) groups is 1. The Morgan fingerprint density at radius 2 is 1.33 bits per heavy atom. The minimum absolute atomic E-state index is 0.409. The van der Waals surface area contributed by atoms with Crippen LogP contribution >= 0.6 is 0 Å². The predicted molar refractivity (Wildman–Crippen MR) is 108 cm³/mol. The van der Waals surface area contributed by atoms with Gasteiger partial charge in [-0.2, -0.15) is 0 Å². The number of alkyl halides is 3. The quantitative estimate of drug-likeness (QED) is 0.324. The van der Waals surface area contributed by atoms with Gasteiger partial charge in [0.15, 0.2) is 0 Å². The van der Waals surface area contributed by atoms with Gasteiger partial charge in [0.2, 0.25) is 0 Å². The molecule has 0 radical (unpaired) electrons. The fraction of sp³-hybridized carbons (Fsp3) is 0.208. The van der Waals surface area contributed by atoms with Crippen molar-refractivity contribution >= 4 is 5.97 Å². The van der Waals surface area contributed by atoms with E-state index in [0.29, 0.717) is 16.9 Å². The molecular weight excluding hydrogens is 393 g/mol. The highest BCUT2D eigenvalue weighted by atomic mass is 19.4. The van der Waals surface area contributed by atoms with Crippen LogP contribution in [-0.2, 0) is 17.8 Å². The number of halogens is 3. The van der Waals surface area contributed by atoms with Crippen molar-refractivity contribution in [3.63, 3.8) is 0 Å². The first-order valence-corrected chi connectivity index (χ1v) is 9.55. The molecular formula is C24H21F3O3. The van der Waals surface area contributed by atoms with Crippen molar-refractivity contribution in [3.8, 4) is 16.9 Å². The van der Waals surface area contributed by atoms with Crippen LogP contribution in [0.4, 0.5) is 13.2 Å². The molecule has 0 amide bonds. The number of esters is 1. The maximum Gasteiger partial charge on any atom is 0.522 e. The van der Waals surface area contributed by atoms with E-state index in [9.17, 15) is 18.0 Å². The van der Waals surface area contributed by atoms with E-state index in [1.165, 1.54) is 5.56 Å². The zero-order chi connectivity index (χ0) is 21.6. The second-order valence-electron chi connectivity index (χ2n) is 6.79. The zero-order valence-corrected chi connectivity index (χ0v) is 16.4. The summed E-state index contributed by atoms with van der Waals surface area (Å²) in [5.74, 6) is 0.0324. The lowest BCUT2D eigenvalue weighted by molar-refractivity contribution is -0.330. The van der Waals surface area contributed by atoms with E-state index in [0.717, 1.165) is 24.0 Å². The third-order valence-corrected chi connectivity index (χ3v) is 4.48. The van der Waals surface area contributed by atoms with E-state index in [1.54, 1.807) is 60.7 Å². The molecule has 0 atom stereocenters. The van der Waals surface area contributed by atoms with Crippen LogP contribution in [0.25, 0.3) is 11.1 Å². The Morgan fingerprint density at radius 1 is 0.800 bits per heavy atom. The van der Waals surface area contributed by atoms with Crippen LogP contribution < -0.4 is 4.74 Å². The number of hydrogen-bond acceptors (Lipinski definition) is 3. The van der Waals surface area contributed by atoms with Crippen molar-refractivity contribution in [1.82, 2.24) is 0 Å². The molecule has 0 saturated heterocycles. The smallest absolute Gasteiger partial charge is 0.423 e. The van der Waals surface area contributed by atoms with E-state index < -0.39 is 18.9 Å². The van der Waals surface area contributed by atoms with Crippen LogP contribution in [-0.4, -0.2) is 12.3 Å². The number of carbonyl (C=O) groups excluding carboxylic acids is 1. The molecule has 30 heavy (non-hydrogen) atoms. The van der Waals surface area contributed by atoms with Gasteiger partial charge in [0.05, 0.1) is 12.2 Å². The zero-order valence-electron chi connectivity index (χ0n) is 16.4. The summed E-state index contributed by atoms with van der Waals surface area (Å²) in [6.45, 7) is 1.57. The summed E-state index contributed by atoms with van der Waals surface area (Å²) in [6, 6.07) is 20.9. The van der Waals surface area contributed by atoms with Crippen molar-refractivity contribution in [2.24, 2.45) is 0 Å². The van der Waals surface area contributed by atoms with E-state index in [4.69, 9.17) is 4.74 Å². The van der Waals surface area contributed by atoms with Gasteiger partial charge >= 0.3 is 12.3 Å². The molecule has 3 aromatic rings. The van der Waals surface area contributed by atoms with E-state index in [-0.39, 0.29) is 0 Å². The van der Waals surface area contributed by atoms with Gasteiger partial charge in [0, 0.05) is 0 Å². The standard InChI is InChI=1S/C24H21F3O3/c1-2-3-17-6-14-22(15-7-17)30-23(28)21-12-10-20(11-13-21)19-8-4-18(5-9-19)16-29-24(25,26)27/h4-15H,2-3,16H2,1H3. The molecule has 0 aliphatic heterocycles. The monoisotopic (exact) mass is 414 g/mol. The normalized spacial score (nSPS) is 11.3. The predicted octanol–water partition coefficient (Wildman–Crippen LogP) is 6.56. The van der Waals surface area contributed by atoms with Crippen molar-refractivity contribution in [2.45, 2.75) is 32.7 Å². The first-order valence-electron chi connectivity index (χ1n) is 9.55. The lowest BCUT2D eigenvalue weighted by atomic mass is 10.0. The number of rotatable bonds is 7. The largest absolute Gasteiger partial charge is 0.522 e. The van der Waals surface area contributed by atoms with Gasteiger partial charge in [-0.25, -0.2) is 4.79 Å². The highest BCUT2D eigenvalue weighted by molar-refractivity contribution is 5.91. The minimum atomic E-state index is -4.65. The lowest BCUT2D eigenvalue weighted by Crippen LogP contribution is -2.12. The molecule has 0 aliphatic rings. The summed E-state index contributed by atoms with van der Waals surface area (Å²) in [5.41, 5.74) is 3.67. The molecule has 0 fully saturated rings. The second-order valence-corrected chi connectivity index (χ2v) is 6.79. The van der Waals surface area contributed by atoms with E-state index in [1.807, 2.05) is 12.1 Å². The van der Waals surface area contributed by atoms with Crippen molar-refractivity contribution in [3.05, 3.63) is 89.5 Å². The third-order valence-electron chi connectivity index (χ3n) is 4.48. The third kappa shape index (κ3) is 6.19. The molecule has 0 unspecified atom stereocenters. The first-order chi connectivity index (χ1) is 14.3. The van der Waals surface area contributed by atoms with Gasteiger partial charge in [-0.1, -0.05) is 61.9 Å². The number of benzene rings is 3. The van der Waals surface area contributed by atoms with Crippen LogP contribution in [0, 0.1) is 0 Å². The number of ether oxygens (including phenoxy) is 2. The topological polar surface area (TPSA) is 35.5 Å². The Balaban J connectivity index is 1.62. The lowest BCUT2D eigenvalue weighted by Gasteiger charge is -2.09. The van der Waals surface area contributed by atoms with Gasteiger partial charge in [-0.3, -0.25) is 4.74 Å². The van der Waals surface area contributed by atoms with Crippen LogP contribution in [0.2, 0.25) is 0 Å². The Labute approximate surface area is 173 Å². The van der Waals surface area contributed by atoms with Crippen molar-refractivity contribution < 1.29 is 27.4 Å². The Hall–Kier alpha value is -3.12. The molecule has 0 aliphatic carbocycles. The molecule has 3 aromatic carbocycles. The van der Waals surface area contributed by atoms with Gasteiger partial charge in [0.1, 0.15) is 5.75 Å². The fourth-order valence-corrected chi connectivity index (χ4v) is 2.94. The molecule has 3 nitrogen and oxygen atoms in total. The summed E-state index contributed by atoms with van der Waals surface area (Å²) >= 11 is 0. The highest BCUT2D eigenvalue weighted by Gasteiger charge is 2.28. The van der Waals surface area contributed by atoms with Gasteiger partial charge in [-0.15, -0.1) is 13.2 Å². The van der Waals surface area contributed by atoms with Crippen molar-refractivity contribution in [2.75, 3.05) is 0 Å². The molecule has 156 valence electrons. The molecule has 3 rings (SSSR count). The number of hydrogen-bond donors (Lipinski definition) is 0. The Bertz CT molecular complexity index is 961. The number of aryl methyl sites for hydroxylation is 1. The maximum absolute atomic E-state index is 12.3. The molecule has 0 spiro atoms. The first kappa shape index (κ1) is 21.6. The summed E-state index contributed by atoms with van der Waals surface area (Å²) in [7, 11) is 0. The van der Waals surface area contributed by atoms with Crippen LogP contribution in [0.3, 0.4) is 0 Å². The minimum Gasteiger partial charge on any atom is -0.423 e. The van der Waals surface area contributed by atoms with Gasteiger partial charge < -0.3 is 4.74 Å². The van der Waals surface area contributed by atoms with E-state index >= 15 is 0 Å². The average Bonchev–Trinajstić information content (AvgIpc) is 2.74. The van der Waals surface area contributed by atoms with Crippen LogP contribution in [0.1, 0.15) is 34.8 Å². The van der Waals surface area contributed by atoms with Crippen LogP contribution in [0.15, 0.2) is 72.8 Å². The Kier molecular flexibility index (Phi) is 6.90. The van der Waals surface area contributed by atoms with Gasteiger partial charge in [0.25, 0.3) is 0 Å². The van der Waals surface area contributed by atoms with Crippen molar-refractivity contribution in [1.29, 1.82) is 0 Å². The molecule has 0 saturated carbocycles. The molecule has 0 heterocycles. The molecule has 0 N–H and O–H groups in total. The van der Waals surface area contributed by atoms with E-state index in [2.05, 4.69) is 11.7 Å². The molecule has 0 bridgehead atoms. The summed E-state index contributed by atoms with van der Waals surface area (Å²) < 4.78 is 45.6. The second kappa shape index (κ2) is 9.59. The van der Waals surface area contributed by atoms with Gasteiger partial charge in [-0.05, 0) is 52.9 Å². The highest BCUT2D eigenvalue weighted by Crippen LogP contribution is 2.23. The average molecular weight is 414 g/mol. The SMILES string of the molecule is CCCc1ccc(OC(=O)c2ccc(-c3ccc(COC(F)(F)F)cc3)cc2)cc1. The summed E-state index contributed by atoms with van der Waals surface area (Å²) in [5, 5.41) is 0.